The molecule has 1 saturated carbocycles. The van der Waals surface area contributed by atoms with E-state index >= 15 is 0 Å². The third kappa shape index (κ3) is 3.19. The Balaban J connectivity index is 1.75. The van der Waals surface area contributed by atoms with E-state index in [9.17, 15) is 0 Å². The molecule has 0 aromatic carbocycles. The lowest BCUT2D eigenvalue weighted by Gasteiger charge is -2.14. The summed E-state index contributed by atoms with van der Waals surface area (Å²) in [7, 11) is 0. The number of nitrogen functional groups attached to an aromatic ring is 1. The van der Waals surface area contributed by atoms with Gasteiger partial charge in [0, 0.05) is 4.88 Å². The van der Waals surface area contributed by atoms with Crippen LogP contribution in [0.5, 0.6) is 0 Å². The fraction of sp³-hybridized carbons (Fsp3) is 0.625. The molecular formula is C16H23N3OS. The van der Waals surface area contributed by atoms with Crippen molar-refractivity contribution in [3.05, 3.63) is 16.3 Å². The van der Waals surface area contributed by atoms with Crippen molar-refractivity contribution in [2.24, 2.45) is 0 Å². The van der Waals surface area contributed by atoms with E-state index in [4.69, 9.17) is 10.5 Å². The van der Waals surface area contributed by atoms with Crippen molar-refractivity contribution in [3.63, 3.8) is 0 Å². The molecule has 0 radical (unpaired) electrons. The van der Waals surface area contributed by atoms with Gasteiger partial charge in [-0.2, -0.15) is 0 Å². The Hall–Kier alpha value is -1.20. The first-order valence-electron chi connectivity index (χ1n) is 7.79. The van der Waals surface area contributed by atoms with Crippen molar-refractivity contribution < 1.29 is 4.74 Å². The summed E-state index contributed by atoms with van der Waals surface area (Å²) in [6.45, 7) is 4.65. The molecule has 5 heteroatoms. The molecule has 0 spiro atoms. The van der Waals surface area contributed by atoms with Crippen LogP contribution in [-0.2, 0) is 11.3 Å². The van der Waals surface area contributed by atoms with Gasteiger partial charge >= 0.3 is 0 Å². The van der Waals surface area contributed by atoms with Crippen LogP contribution >= 0.6 is 11.3 Å². The molecule has 4 nitrogen and oxygen atoms in total. The molecule has 2 aromatic rings. The monoisotopic (exact) mass is 305 g/mol. The number of fused-ring (bicyclic) bond motifs is 1. The van der Waals surface area contributed by atoms with Gasteiger partial charge in [-0.15, -0.1) is 11.3 Å². The molecule has 0 atom stereocenters. The molecule has 2 heterocycles. The fourth-order valence-corrected chi connectivity index (χ4v) is 4.05. The maximum atomic E-state index is 6.10. The Morgan fingerprint density at radius 2 is 1.86 bits per heavy atom. The van der Waals surface area contributed by atoms with Gasteiger partial charge in [-0.05, 0) is 32.3 Å². The van der Waals surface area contributed by atoms with Crippen molar-refractivity contribution in [1.29, 1.82) is 0 Å². The normalized spacial score (nSPS) is 17.2. The zero-order valence-electron chi connectivity index (χ0n) is 12.8. The molecule has 21 heavy (non-hydrogen) atoms. The molecule has 3 rings (SSSR count). The van der Waals surface area contributed by atoms with Crippen LogP contribution in [0, 0.1) is 13.8 Å². The Bertz CT molecular complexity index is 630. The van der Waals surface area contributed by atoms with Crippen LogP contribution in [0.1, 0.15) is 54.8 Å². The van der Waals surface area contributed by atoms with Gasteiger partial charge in [0.2, 0.25) is 0 Å². The Kier molecular flexibility index (Phi) is 4.40. The quantitative estimate of drug-likeness (QED) is 0.866. The standard InChI is InChI=1S/C16H23N3OS/c1-10-11(2)21-16-14(10)15(17)18-13(19-16)9-20-12-7-5-3-4-6-8-12/h12H,3-9H2,1-2H3,(H2,17,18,19). The number of hydrogen-bond donors (Lipinski definition) is 1. The molecule has 0 aliphatic heterocycles. The first-order chi connectivity index (χ1) is 10.1. The van der Waals surface area contributed by atoms with E-state index in [-0.39, 0.29) is 0 Å². The summed E-state index contributed by atoms with van der Waals surface area (Å²) in [4.78, 5) is 11.3. The van der Waals surface area contributed by atoms with Gasteiger partial charge in [0.15, 0.2) is 5.82 Å². The van der Waals surface area contributed by atoms with E-state index in [1.54, 1.807) is 11.3 Å². The van der Waals surface area contributed by atoms with E-state index in [2.05, 4.69) is 23.8 Å². The number of aryl methyl sites for hydroxylation is 2. The van der Waals surface area contributed by atoms with Gasteiger partial charge in [0.25, 0.3) is 0 Å². The second kappa shape index (κ2) is 6.28. The number of nitrogens with zero attached hydrogens (tertiary/aromatic N) is 2. The van der Waals surface area contributed by atoms with Crippen molar-refractivity contribution in [3.8, 4) is 0 Å². The van der Waals surface area contributed by atoms with Gasteiger partial charge in [-0.3, -0.25) is 0 Å². The summed E-state index contributed by atoms with van der Waals surface area (Å²) in [5, 5.41) is 1.01. The number of thiophene rings is 1. The third-order valence-electron chi connectivity index (χ3n) is 4.35. The van der Waals surface area contributed by atoms with Crippen molar-refractivity contribution in [2.75, 3.05) is 5.73 Å². The van der Waals surface area contributed by atoms with Gasteiger partial charge in [-0.1, -0.05) is 25.7 Å². The minimum Gasteiger partial charge on any atom is -0.383 e. The van der Waals surface area contributed by atoms with Crippen molar-refractivity contribution >= 4 is 27.4 Å². The minimum atomic E-state index is 0.361. The highest BCUT2D eigenvalue weighted by Gasteiger charge is 2.15. The van der Waals surface area contributed by atoms with E-state index in [1.165, 1.54) is 36.1 Å². The maximum Gasteiger partial charge on any atom is 0.158 e. The van der Waals surface area contributed by atoms with E-state index in [1.807, 2.05) is 0 Å². The smallest absolute Gasteiger partial charge is 0.158 e. The largest absolute Gasteiger partial charge is 0.383 e. The molecular weight excluding hydrogens is 282 g/mol. The summed E-state index contributed by atoms with van der Waals surface area (Å²) in [5.74, 6) is 1.30. The number of nitrogens with two attached hydrogens (primary N) is 1. The highest BCUT2D eigenvalue weighted by Crippen LogP contribution is 2.32. The number of ether oxygens (including phenoxy) is 1. The summed E-state index contributed by atoms with van der Waals surface area (Å²) in [6.07, 6.45) is 7.90. The van der Waals surface area contributed by atoms with Crippen LogP contribution in [0.2, 0.25) is 0 Å². The number of aromatic nitrogens is 2. The van der Waals surface area contributed by atoms with E-state index in [0.717, 1.165) is 23.1 Å². The second-order valence-electron chi connectivity index (χ2n) is 5.91. The molecule has 2 N–H and O–H groups in total. The zero-order valence-corrected chi connectivity index (χ0v) is 13.6. The predicted octanol–water partition coefficient (Wildman–Crippen LogP) is 4.13. The fourth-order valence-electron chi connectivity index (χ4n) is 2.99. The van der Waals surface area contributed by atoms with Crippen LogP contribution < -0.4 is 5.73 Å². The van der Waals surface area contributed by atoms with Crippen LogP contribution in [-0.4, -0.2) is 16.1 Å². The summed E-state index contributed by atoms with van der Waals surface area (Å²) < 4.78 is 6.01. The highest BCUT2D eigenvalue weighted by molar-refractivity contribution is 7.18. The third-order valence-corrected chi connectivity index (χ3v) is 5.45. The number of rotatable bonds is 3. The lowest BCUT2D eigenvalue weighted by Crippen LogP contribution is -2.13. The Morgan fingerprint density at radius 3 is 2.57 bits per heavy atom. The molecule has 1 aliphatic rings. The first kappa shape index (κ1) is 14.7. The van der Waals surface area contributed by atoms with Gasteiger partial charge in [-0.25, -0.2) is 9.97 Å². The van der Waals surface area contributed by atoms with Crippen LogP contribution in [0.15, 0.2) is 0 Å². The SMILES string of the molecule is Cc1sc2nc(COC3CCCCCC3)nc(N)c2c1C. The molecule has 1 aliphatic carbocycles. The molecule has 0 amide bonds. The molecule has 114 valence electrons. The van der Waals surface area contributed by atoms with Crippen LogP contribution in [0.3, 0.4) is 0 Å². The first-order valence-corrected chi connectivity index (χ1v) is 8.60. The van der Waals surface area contributed by atoms with E-state index < -0.39 is 0 Å². The average molecular weight is 305 g/mol. The predicted molar refractivity (Wildman–Crippen MR) is 87.6 cm³/mol. The van der Waals surface area contributed by atoms with Gasteiger partial charge in [0.1, 0.15) is 17.3 Å². The summed E-state index contributed by atoms with van der Waals surface area (Å²) in [5.41, 5.74) is 7.30. The molecule has 0 bridgehead atoms. The molecule has 0 saturated heterocycles. The average Bonchev–Trinajstić information content (AvgIpc) is 2.66. The van der Waals surface area contributed by atoms with Gasteiger partial charge < -0.3 is 10.5 Å². The van der Waals surface area contributed by atoms with E-state index in [0.29, 0.717) is 24.4 Å². The molecule has 0 unspecified atom stereocenters. The number of hydrogen-bond acceptors (Lipinski definition) is 5. The second-order valence-corrected chi connectivity index (χ2v) is 7.12. The summed E-state index contributed by atoms with van der Waals surface area (Å²) in [6, 6.07) is 0. The lowest BCUT2D eigenvalue weighted by atomic mass is 10.1. The van der Waals surface area contributed by atoms with Crippen LogP contribution in [0.25, 0.3) is 10.2 Å². The van der Waals surface area contributed by atoms with Crippen molar-refractivity contribution in [1.82, 2.24) is 9.97 Å². The number of anilines is 1. The molecule has 1 fully saturated rings. The maximum absolute atomic E-state index is 6.10. The van der Waals surface area contributed by atoms with Crippen LogP contribution in [0.4, 0.5) is 5.82 Å². The lowest BCUT2D eigenvalue weighted by molar-refractivity contribution is 0.0275. The summed E-state index contributed by atoms with van der Waals surface area (Å²) >= 11 is 1.69. The Labute approximate surface area is 129 Å². The van der Waals surface area contributed by atoms with Gasteiger partial charge in [0.05, 0.1) is 11.5 Å². The van der Waals surface area contributed by atoms with Crippen molar-refractivity contribution in [2.45, 2.75) is 65.1 Å². The topological polar surface area (TPSA) is 61.0 Å². The molecule has 2 aromatic heterocycles. The zero-order chi connectivity index (χ0) is 14.8. The minimum absolute atomic E-state index is 0.361. The highest BCUT2D eigenvalue weighted by atomic mass is 32.1. The Morgan fingerprint density at radius 1 is 1.14 bits per heavy atom.